The molecule has 0 bridgehead atoms. The first kappa shape index (κ1) is 23.2. The van der Waals surface area contributed by atoms with Crippen molar-refractivity contribution >= 4 is 17.4 Å². The Labute approximate surface area is 203 Å². The number of hydrogen-bond acceptors (Lipinski definition) is 7. The molecule has 0 aromatic heterocycles. The van der Waals surface area contributed by atoms with Crippen molar-refractivity contribution in [2.45, 2.75) is 12.5 Å². The highest BCUT2D eigenvalue weighted by Crippen LogP contribution is 2.42. The second-order valence-electron chi connectivity index (χ2n) is 8.80. The van der Waals surface area contributed by atoms with E-state index < -0.39 is 17.7 Å². The van der Waals surface area contributed by atoms with Crippen molar-refractivity contribution < 1.29 is 38.5 Å². The molecule has 9 nitrogen and oxygen atoms in total. The van der Waals surface area contributed by atoms with Crippen molar-refractivity contribution in [3.05, 3.63) is 59.2 Å². The molecule has 184 valence electrons. The van der Waals surface area contributed by atoms with Gasteiger partial charge in [-0.25, -0.2) is 0 Å². The molecule has 1 amide bonds. The van der Waals surface area contributed by atoms with E-state index in [0.29, 0.717) is 34.9 Å². The van der Waals surface area contributed by atoms with E-state index in [1.54, 1.807) is 42.3 Å². The lowest BCUT2D eigenvalue weighted by molar-refractivity contribution is -0.908. The Morgan fingerprint density at radius 1 is 1.11 bits per heavy atom. The molecule has 0 radical (unpaired) electrons. The second kappa shape index (κ2) is 9.97. The summed E-state index contributed by atoms with van der Waals surface area (Å²) in [4.78, 5) is 29.4. The minimum atomic E-state index is -0.727. The smallest absolute Gasteiger partial charge is 0.295 e. The van der Waals surface area contributed by atoms with Crippen molar-refractivity contribution in [2.24, 2.45) is 0 Å². The third-order valence-corrected chi connectivity index (χ3v) is 6.72. The number of benzene rings is 2. The van der Waals surface area contributed by atoms with Gasteiger partial charge >= 0.3 is 0 Å². The Morgan fingerprint density at radius 2 is 1.91 bits per heavy atom. The molecular weight excluding hydrogens is 452 g/mol. The number of methoxy groups -OCH3 is 1. The van der Waals surface area contributed by atoms with Crippen LogP contribution in [0.5, 0.6) is 17.2 Å². The summed E-state index contributed by atoms with van der Waals surface area (Å²) in [6, 6.07) is 11.5. The predicted molar refractivity (Wildman–Crippen MR) is 126 cm³/mol. The van der Waals surface area contributed by atoms with Gasteiger partial charge in [-0.05, 0) is 35.9 Å². The van der Waals surface area contributed by atoms with Crippen LogP contribution in [0.25, 0.3) is 5.76 Å². The molecule has 9 heteroatoms. The molecule has 0 aliphatic carbocycles. The fourth-order valence-electron chi connectivity index (χ4n) is 4.88. The molecule has 3 heterocycles. The van der Waals surface area contributed by atoms with E-state index in [1.807, 2.05) is 12.1 Å². The maximum atomic E-state index is 13.2. The number of nitrogens with one attached hydrogen (secondary N) is 1. The number of ether oxygens (including phenoxy) is 4. The molecule has 5 rings (SSSR count). The number of nitrogens with zero attached hydrogens (tertiary/aromatic N) is 1. The number of carbonyl (C=O) groups is 2. The van der Waals surface area contributed by atoms with E-state index in [-0.39, 0.29) is 18.1 Å². The molecule has 0 saturated carbocycles. The average molecular weight is 482 g/mol. The normalized spacial score (nSPS) is 21.5. The quantitative estimate of drug-likeness (QED) is 0.348. The maximum absolute atomic E-state index is 13.2. The SMILES string of the molecule is COc1cccc([C@@H]2C(=C(O)c3ccc4c(c3)OCO4)C(=O)C(=O)N2CCC[NH+]2CCOCC2)c1. The van der Waals surface area contributed by atoms with Crippen molar-refractivity contribution in [2.75, 3.05) is 53.3 Å². The lowest BCUT2D eigenvalue weighted by Crippen LogP contribution is -3.14. The first-order valence-electron chi connectivity index (χ1n) is 11.8. The minimum Gasteiger partial charge on any atom is -0.507 e. The van der Waals surface area contributed by atoms with Gasteiger partial charge in [-0.3, -0.25) is 9.59 Å². The van der Waals surface area contributed by atoms with E-state index in [9.17, 15) is 14.7 Å². The van der Waals surface area contributed by atoms with Gasteiger partial charge in [-0.2, -0.15) is 0 Å². The highest BCUT2D eigenvalue weighted by atomic mass is 16.7. The lowest BCUT2D eigenvalue weighted by atomic mass is 9.95. The van der Waals surface area contributed by atoms with E-state index in [2.05, 4.69) is 0 Å². The largest absolute Gasteiger partial charge is 0.507 e. The molecule has 2 fully saturated rings. The van der Waals surface area contributed by atoms with Gasteiger partial charge in [0.05, 0.1) is 38.5 Å². The number of aliphatic hydroxyl groups excluding tert-OH is 1. The van der Waals surface area contributed by atoms with Crippen LogP contribution >= 0.6 is 0 Å². The van der Waals surface area contributed by atoms with Gasteiger partial charge in [0, 0.05) is 18.5 Å². The summed E-state index contributed by atoms with van der Waals surface area (Å²) in [5.41, 5.74) is 1.14. The number of hydrogen-bond donors (Lipinski definition) is 2. The number of morpholine rings is 1. The zero-order chi connectivity index (χ0) is 24.4. The molecule has 2 aromatic carbocycles. The van der Waals surface area contributed by atoms with Gasteiger partial charge in [0.2, 0.25) is 6.79 Å². The molecule has 2 aromatic rings. The van der Waals surface area contributed by atoms with E-state index >= 15 is 0 Å². The summed E-state index contributed by atoms with van der Waals surface area (Å²) in [5, 5.41) is 11.3. The van der Waals surface area contributed by atoms with Crippen LogP contribution in [-0.2, 0) is 14.3 Å². The third-order valence-electron chi connectivity index (χ3n) is 6.72. The number of ketones is 1. The summed E-state index contributed by atoms with van der Waals surface area (Å²) in [5.74, 6) is 0.0974. The fourth-order valence-corrected chi connectivity index (χ4v) is 4.88. The topological polar surface area (TPSA) is 99.0 Å². The summed E-state index contributed by atoms with van der Waals surface area (Å²) in [6.45, 7) is 4.70. The molecule has 2 N–H and O–H groups in total. The van der Waals surface area contributed by atoms with E-state index in [4.69, 9.17) is 18.9 Å². The van der Waals surface area contributed by atoms with Gasteiger partial charge in [-0.1, -0.05) is 12.1 Å². The van der Waals surface area contributed by atoms with E-state index in [1.165, 1.54) is 4.90 Å². The van der Waals surface area contributed by atoms with Crippen LogP contribution in [0.4, 0.5) is 0 Å². The fraction of sp³-hybridized carbons (Fsp3) is 0.385. The highest BCUT2D eigenvalue weighted by Gasteiger charge is 2.46. The Kier molecular flexibility index (Phi) is 6.61. The monoisotopic (exact) mass is 481 g/mol. The van der Waals surface area contributed by atoms with Gasteiger partial charge in [0.1, 0.15) is 24.6 Å². The number of carbonyl (C=O) groups excluding carboxylic acids is 2. The number of quaternary nitrogens is 1. The van der Waals surface area contributed by atoms with Crippen LogP contribution in [0, 0.1) is 0 Å². The summed E-state index contributed by atoms with van der Waals surface area (Å²) < 4.78 is 21.6. The Bertz CT molecular complexity index is 1160. The van der Waals surface area contributed by atoms with Crippen LogP contribution in [-0.4, -0.2) is 75.0 Å². The van der Waals surface area contributed by atoms with Gasteiger partial charge < -0.3 is 33.9 Å². The number of likely N-dealkylation sites (tertiary alicyclic amines) is 1. The van der Waals surface area contributed by atoms with Crippen LogP contribution in [0.15, 0.2) is 48.0 Å². The molecule has 0 spiro atoms. The number of rotatable bonds is 7. The van der Waals surface area contributed by atoms with Gasteiger partial charge in [0.25, 0.3) is 11.7 Å². The van der Waals surface area contributed by atoms with Crippen molar-refractivity contribution in [3.8, 4) is 17.2 Å². The molecular formula is C26H29N2O7+. The van der Waals surface area contributed by atoms with Crippen LogP contribution in [0.3, 0.4) is 0 Å². The molecule has 0 unspecified atom stereocenters. The average Bonchev–Trinajstić information content (AvgIpc) is 3.46. The number of Topliss-reactive ketones (excluding diaryl/α,β-unsaturated/α-hetero) is 1. The predicted octanol–water partition coefficient (Wildman–Crippen LogP) is 1.15. The molecule has 2 saturated heterocycles. The number of fused-ring (bicyclic) bond motifs is 1. The Morgan fingerprint density at radius 3 is 2.71 bits per heavy atom. The molecule has 35 heavy (non-hydrogen) atoms. The number of amides is 1. The zero-order valence-electron chi connectivity index (χ0n) is 19.6. The van der Waals surface area contributed by atoms with Crippen molar-refractivity contribution in [1.29, 1.82) is 0 Å². The summed E-state index contributed by atoms with van der Waals surface area (Å²) >= 11 is 0. The number of aliphatic hydroxyl groups is 1. The van der Waals surface area contributed by atoms with Gasteiger partial charge in [-0.15, -0.1) is 0 Å². The summed E-state index contributed by atoms with van der Waals surface area (Å²) in [7, 11) is 1.56. The first-order chi connectivity index (χ1) is 17.1. The Balaban J connectivity index is 1.49. The van der Waals surface area contributed by atoms with Crippen LogP contribution < -0.4 is 19.1 Å². The second-order valence-corrected chi connectivity index (χ2v) is 8.80. The lowest BCUT2D eigenvalue weighted by Gasteiger charge is -2.27. The third kappa shape index (κ3) is 4.56. The van der Waals surface area contributed by atoms with Crippen molar-refractivity contribution in [1.82, 2.24) is 4.90 Å². The summed E-state index contributed by atoms with van der Waals surface area (Å²) in [6.07, 6.45) is 0.729. The molecule has 3 aliphatic heterocycles. The molecule has 3 aliphatic rings. The standard InChI is InChI=1S/C26H28N2O7/c1-32-19-5-2-4-17(14-19)23-22(24(29)18-6-7-20-21(15-18)35-16-34-20)25(30)26(31)28(23)9-3-8-27-10-12-33-13-11-27/h2,4-7,14-15,23,29H,3,8-13,16H2,1H3/p+1/t23-/m1/s1. The first-order valence-corrected chi connectivity index (χ1v) is 11.8. The Hall–Kier alpha value is -3.56. The minimum absolute atomic E-state index is 0.0563. The van der Waals surface area contributed by atoms with Crippen LogP contribution in [0.1, 0.15) is 23.6 Å². The molecule has 1 atom stereocenters. The van der Waals surface area contributed by atoms with Crippen LogP contribution in [0.2, 0.25) is 0 Å². The van der Waals surface area contributed by atoms with Gasteiger partial charge in [0.15, 0.2) is 11.5 Å². The highest BCUT2D eigenvalue weighted by molar-refractivity contribution is 6.46. The maximum Gasteiger partial charge on any atom is 0.295 e. The van der Waals surface area contributed by atoms with E-state index in [0.717, 1.165) is 39.3 Å². The van der Waals surface area contributed by atoms with Crippen molar-refractivity contribution in [3.63, 3.8) is 0 Å². The zero-order valence-corrected chi connectivity index (χ0v) is 19.6.